The molecule has 0 spiro atoms. The molecule has 30 heavy (non-hydrogen) atoms. The lowest BCUT2D eigenvalue weighted by Crippen LogP contribution is -2.44. The molecule has 0 aliphatic carbocycles. The molecule has 0 saturated carbocycles. The second-order valence-electron chi connectivity index (χ2n) is 7.69. The highest BCUT2D eigenvalue weighted by atomic mass is 16.6. The first kappa shape index (κ1) is 23.3. The third-order valence-electron chi connectivity index (χ3n) is 4.02. The van der Waals surface area contributed by atoms with Crippen LogP contribution >= 0.6 is 0 Å². The number of ether oxygens (including phenoxy) is 1. The molecule has 2 N–H and O–H groups in total. The number of oxazole rings is 1. The van der Waals surface area contributed by atoms with Gasteiger partial charge in [-0.15, -0.1) is 0 Å². The summed E-state index contributed by atoms with van der Waals surface area (Å²) in [7, 11) is 0. The van der Waals surface area contributed by atoms with Crippen molar-refractivity contribution in [2.45, 2.75) is 46.8 Å². The Kier molecular flexibility index (Phi) is 8.70. The van der Waals surface area contributed by atoms with Gasteiger partial charge in [-0.05, 0) is 46.8 Å². The lowest BCUT2D eigenvalue weighted by Gasteiger charge is -2.26. The number of hydrogen-bond acceptors (Lipinski definition) is 5. The van der Waals surface area contributed by atoms with Gasteiger partial charge in [0.25, 0.3) is 0 Å². The lowest BCUT2D eigenvalue weighted by atomic mass is 10.2. The van der Waals surface area contributed by atoms with Crippen LogP contribution in [0.2, 0.25) is 0 Å². The number of likely N-dealkylation sites (N-methyl/N-ethyl adjacent to an activating group) is 1. The number of carbonyl (C=O) groups is 1. The fourth-order valence-electron chi connectivity index (χ4n) is 2.61. The van der Waals surface area contributed by atoms with E-state index in [4.69, 9.17) is 9.15 Å². The molecule has 0 aliphatic rings. The average molecular weight is 416 g/mol. The Morgan fingerprint density at radius 3 is 2.57 bits per heavy atom. The van der Waals surface area contributed by atoms with Crippen LogP contribution in [0, 0.1) is 0 Å². The maximum Gasteiger partial charge on any atom is 0.410 e. The Morgan fingerprint density at radius 2 is 1.93 bits per heavy atom. The van der Waals surface area contributed by atoms with E-state index in [0.717, 1.165) is 17.8 Å². The maximum atomic E-state index is 12.2. The number of aliphatic imine (C=N–C) groups is 1. The summed E-state index contributed by atoms with van der Waals surface area (Å²) in [5, 5.41) is 6.44. The summed E-state index contributed by atoms with van der Waals surface area (Å²) in [6, 6.07) is 9.75. The molecule has 1 amide bonds. The van der Waals surface area contributed by atoms with Gasteiger partial charge >= 0.3 is 6.09 Å². The molecule has 0 radical (unpaired) electrons. The molecule has 2 rings (SSSR count). The van der Waals surface area contributed by atoms with Gasteiger partial charge in [-0.25, -0.2) is 14.8 Å². The molecule has 8 heteroatoms. The van der Waals surface area contributed by atoms with Crippen LogP contribution in [0.1, 0.15) is 40.3 Å². The number of amides is 1. The molecular weight excluding hydrogens is 382 g/mol. The lowest BCUT2D eigenvalue weighted by molar-refractivity contribution is 0.0264. The van der Waals surface area contributed by atoms with Crippen molar-refractivity contribution in [1.29, 1.82) is 0 Å². The zero-order valence-electron chi connectivity index (χ0n) is 18.6. The molecule has 1 aromatic heterocycles. The van der Waals surface area contributed by atoms with E-state index < -0.39 is 5.60 Å². The number of hydrogen-bond donors (Lipinski definition) is 2. The summed E-state index contributed by atoms with van der Waals surface area (Å²) in [5.74, 6) is 1.23. The zero-order valence-corrected chi connectivity index (χ0v) is 18.6. The van der Waals surface area contributed by atoms with Gasteiger partial charge in [0.1, 0.15) is 17.6 Å². The first-order chi connectivity index (χ1) is 14.3. The average Bonchev–Trinajstić information content (AvgIpc) is 3.17. The van der Waals surface area contributed by atoms with Crippen LogP contribution in [0.15, 0.2) is 46.0 Å². The minimum absolute atomic E-state index is 0.315. The highest BCUT2D eigenvalue weighted by Gasteiger charge is 2.20. The van der Waals surface area contributed by atoms with Gasteiger partial charge in [0.2, 0.25) is 5.89 Å². The first-order valence-corrected chi connectivity index (χ1v) is 10.3. The second kappa shape index (κ2) is 11.2. The van der Waals surface area contributed by atoms with E-state index in [1.807, 2.05) is 65.0 Å². The quantitative estimate of drug-likeness (QED) is 0.505. The molecule has 0 saturated heterocycles. The summed E-state index contributed by atoms with van der Waals surface area (Å²) >= 11 is 0. The number of rotatable bonds is 8. The van der Waals surface area contributed by atoms with Crippen molar-refractivity contribution in [3.05, 3.63) is 42.3 Å². The minimum Gasteiger partial charge on any atom is -0.444 e. The highest BCUT2D eigenvalue weighted by Crippen LogP contribution is 2.18. The molecule has 0 bridgehead atoms. The van der Waals surface area contributed by atoms with Crippen molar-refractivity contribution < 1.29 is 13.9 Å². The van der Waals surface area contributed by atoms with Crippen molar-refractivity contribution in [3.8, 4) is 11.5 Å². The van der Waals surface area contributed by atoms with E-state index in [2.05, 4.69) is 20.6 Å². The van der Waals surface area contributed by atoms with Gasteiger partial charge in [0.15, 0.2) is 5.96 Å². The van der Waals surface area contributed by atoms with Gasteiger partial charge in [-0.3, -0.25) is 0 Å². The number of nitrogens with zero attached hydrogens (tertiary/aromatic N) is 3. The molecule has 8 nitrogen and oxygen atoms in total. The van der Waals surface area contributed by atoms with Gasteiger partial charge in [-0.2, -0.15) is 0 Å². The van der Waals surface area contributed by atoms with Crippen molar-refractivity contribution in [2.75, 3.05) is 26.2 Å². The van der Waals surface area contributed by atoms with Crippen molar-refractivity contribution >= 4 is 12.1 Å². The fourth-order valence-corrected chi connectivity index (χ4v) is 2.61. The predicted molar refractivity (Wildman–Crippen MR) is 118 cm³/mol. The topological polar surface area (TPSA) is 92.0 Å². The number of guanidine groups is 1. The minimum atomic E-state index is -0.509. The van der Waals surface area contributed by atoms with Crippen LogP contribution < -0.4 is 10.6 Å². The number of benzene rings is 1. The van der Waals surface area contributed by atoms with E-state index in [1.54, 1.807) is 11.2 Å². The van der Waals surface area contributed by atoms with Gasteiger partial charge in [0, 0.05) is 31.7 Å². The van der Waals surface area contributed by atoms with Crippen molar-refractivity contribution in [2.24, 2.45) is 4.99 Å². The number of nitrogens with one attached hydrogen (secondary N) is 2. The summed E-state index contributed by atoms with van der Waals surface area (Å²) in [6.07, 6.45) is 1.31. The Hall–Kier alpha value is -3.03. The highest BCUT2D eigenvalue weighted by molar-refractivity contribution is 5.79. The van der Waals surface area contributed by atoms with Gasteiger partial charge in [-0.1, -0.05) is 18.2 Å². The number of aromatic nitrogens is 1. The normalized spacial score (nSPS) is 11.8. The summed E-state index contributed by atoms with van der Waals surface area (Å²) < 4.78 is 11.0. The van der Waals surface area contributed by atoms with Gasteiger partial charge in [0.05, 0.1) is 6.54 Å². The monoisotopic (exact) mass is 415 g/mol. The largest absolute Gasteiger partial charge is 0.444 e. The second-order valence-corrected chi connectivity index (χ2v) is 7.69. The zero-order chi connectivity index (χ0) is 22.0. The third kappa shape index (κ3) is 7.77. The smallest absolute Gasteiger partial charge is 0.410 e. The van der Waals surface area contributed by atoms with E-state index in [-0.39, 0.29) is 6.09 Å². The molecule has 2 aromatic rings. The molecule has 1 aromatic carbocycles. The Balaban J connectivity index is 1.90. The molecule has 164 valence electrons. The van der Waals surface area contributed by atoms with Crippen LogP contribution in [0.5, 0.6) is 0 Å². The summed E-state index contributed by atoms with van der Waals surface area (Å²) in [5.41, 5.74) is 1.17. The Labute approximate surface area is 178 Å². The fraction of sp³-hybridized carbons (Fsp3) is 0.500. The van der Waals surface area contributed by atoms with E-state index in [0.29, 0.717) is 38.0 Å². The van der Waals surface area contributed by atoms with Crippen LogP contribution in [-0.4, -0.2) is 53.7 Å². The van der Waals surface area contributed by atoms with Crippen LogP contribution in [0.25, 0.3) is 11.5 Å². The van der Waals surface area contributed by atoms with E-state index in [9.17, 15) is 4.79 Å². The van der Waals surface area contributed by atoms with Crippen molar-refractivity contribution in [1.82, 2.24) is 20.5 Å². The SMILES string of the molecule is CCNC(=NCc1coc(-c2ccccc2)n1)NCCN(CC)C(=O)OC(C)(C)C. The van der Waals surface area contributed by atoms with Gasteiger partial charge < -0.3 is 24.7 Å². The van der Waals surface area contributed by atoms with Crippen LogP contribution in [0.3, 0.4) is 0 Å². The maximum absolute atomic E-state index is 12.2. The molecular formula is C22H33N5O3. The number of carbonyl (C=O) groups excluding carboxylic acids is 1. The molecule has 1 heterocycles. The Morgan fingerprint density at radius 1 is 1.20 bits per heavy atom. The van der Waals surface area contributed by atoms with Crippen LogP contribution in [-0.2, 0) is 11.3 Å². The summed E-state index contributed by atoms with van der Waals surface area (Å²) in [4.78, 5) is 22.9. The van der Waals surface area contributed by atoms with Crippen molar-refractivity contribution in [3.63, 3.8) is 0 Å². The molecule has 0 atom stereocenters. The Bertz CT molecular complexity index is 812. The molecule has 0 unspecified atom stereocenters. The molecule has 0 fully saturated rings. The van der Waals surface area contributed by atoms with E-state index in [1.165, 1.54) is 0 Å². The standard InChI is InChI=1S/C22H33N5O3/c1-6-23-20(24-13-14-27(7-2)21(28)30-22(3,4)5)25-15-18-16-29-19(26-18)17-11-9-8-10-12-17/h8-12,16H,6-7,13-15H2,1-5H3,(H2,23,24,25). The third-order valence-corrected chi connectivity index (χ3v) is 4.02. The first-order valence-electron chi connectivity index (χ1n) is 10.3. The van der Waals surface area contributed by atoms with E-state index >= 15 is 0 Å². The molecule has 0 aliphatic heterocycles. The predicted octanol–water partition coefficient (Wildman–Crippen LogP) is 3.65. The summed E-state index contributed by atoms with van der Waals surface area (Å²) in [6.45, 7) is 12.3. The van der Waals surface area contributed by atoms with Crippen LogP contribution in [0.4, 0.5) is 4.79 Å².